The monoisotopic (exact) mass is 316 g/mol. The van der Waals surface area contributed by atoms with Gasteiger partial charge in [0, 0.05) is 31.6 Å². The second-order valence-electron chi connectivity index (χ2n) is 5.61. The van der Waals surface area contributed by atoms with Crippen LogP contribution in [0.3, 0.4) is 0 Å². The molecule has 0 bridgehead atoms. The zero-order valence-corrected chi connectivity index (χ0v) is 13.4. The lowest BCUT2D eigenvalue weighted by Gasteiger charge is -2.24. The average molecular weight is 316 g/mol. The molecule has 0 unspecified atom stereocenters. The first-order valence-electron chi connectivity index (χ1n) is 7.76. The zero-order valence-electron chi connectivity index (χ0n) is 13.4. The first-order chi connectivity index (χ1) is 11.2. The fourth-order valence-corrected chi connectivity index (χ4v) is 2.91. The molecule has 1 aliphatic heterocycles. The number of hydrogen-bond donors (Lipinski definition) is 0. The van der Waals surface area contributed by atoms with E-state index in [1.165, 1.54) is 7.11 Å². The number of ether oxygens (including phenoxy) is 1. The molecule has 1 amide bonds. The second kappa shape index (κ2) is 6.76. The molecule has 0 spiro atoms. The highest BCUT2D eigenvalue weighted by Gasteiger charge is 2.30. The van der Waals surface area contributed by atoms with Gasteiger partial charge >= 0.3 is 0 Å². The molecule has 0 saturated carbocycles. The molecule has 3 heterocycles. The summed E-state index contributed by atoms with van der Waals surface area (Å²) in [5, 5.41) is 3.74. The highest BCUT2D eigenvalue weighted by atomic mass is 16.5. The van der Waals surface area contributed by atoms with Crippen LogP contribution in [0.5, 0.6) is 5.88 Å². The summed E-state index contributed by atoms with van der Waals surface area (Å²) in [6.07, 6.45) is 4.59. The van der Waals surface area contributed by atoms with E-state index in [2.05, 4.69) is 15.1 Å². The van der Waals surface area contributed by atoms with Crippen LogP contribution in [0, 0.1) is 6.92 Å². The van der Waals surface area contributed by atoms with Crippen molar-refractivity contribution in [2.75, 3.05) is 13.7 Å². The summed E-state index contributed by atoms with van der Waals surface area (Å²) < 4.78 is 10.1. The number of carbonyl (C=O) groups is 1. The van der Waals surface area contributed by atoms with Crippen LogP contribution in [-0.2, 0) is 11.2 Å². The van der Waals surface area contributed by atoms with Crippen LogP contribution in [0.25, 0.3) is 0 Å². The summed E-state index contributed by atoms with van der Waals surface area (Å²) in [5.74, 6) is 1.93. The Hall–Kier alpha value is -2.44. The normalized spacial score (nSPS) is 17.5. The minimum absolute atomic E-state index is 0.0495. The number of amides is 1. The lowest BCUT2D eigenvalue weighted by Crippen LogP contribution is -2.31. The van der Waals surface area contributed by atoms with Gasteiger partial charge in [-0.25, -0.2) is 9.97 Å². The first kappa shape index (κ1) is 15.5. The van der Waals surface area contributed by atoms with Crippen molar-refractivity contribution < 1.29 is 14.1 Å². The largest absolute Gasteiger partial charge is 0.479 e. The Kier molecular flexibility index (Phi) is 4.55. The molecule has 1 saturated heterocycles. The molecule has 3 rings (SSSR count). The number of likely N-dealkylation sites (tertiary alicyclic amines) is 1. The van der Waals surface area contributed by atoms with E-state index in [0.29, 0.717) is 24.5 Å². The summed E-state index contributed by atoms with van der Waals surface area (Å²) in [6.45, 7) is 2.63. The van der Waals surface area contributed by atoms with Crippen LogP contribution in [0.1, 0.15) is 42.6 Å². The third-order valence-corrected chi connectivity index (χ3v) is 4.04. The maximum absolute atomic E-state index is 12.6. The van der Waals surface area contributed by atoms with Gasteiger partial charge < -0.3 is 14.2 Å². The average Bonchev–Trinajstić information content (AvgIpc) is 3.21. The van der Waals surface area contributed by atoms with Crippen molar-refractivity contribution in [3.05, 3.63) is 35.6 Å². The van der Waals surface area contributed by atoms with Gasteiger partial charge in [0.1, 0.15) is 11.6 Å². The molecule has 2 aromatic heterocycles. The molecule has 0 N–H and O–H groups in total. The third kappa shape index (κ3) is 3.49. The summed E-state index contributed by atoms with van der Waals surface area (Å²) in [7, 11) is 1.53. The van der Waals surface area contributed by atoms with Gasteiger partial charge in [-0.1, -0.05) is 0 Å². The van der Waals surface area contributed by atoms with Crippen LogP contribution in [-0.4, -0.2) is 39.6 Å². The van der Waals surface area contributed by atoms with Crippen LogP contribution in [0.2, 0.25) is 0 Å². The minimum atomic E-state index is 0.0495. The highest BCUT2D eigenvalue weighted by molar-refractivity contribution is 5.77. The number of aryl methyl sites for hydroxylation is 2. The number of carbonyl (C=O) groups excluding carboxylic acids is 1. The molecule has 7 heteroatoms. The lowest BCUT2D eigenvalue weighted by molar-refractivity contribution is -0.132. The summed E-state index contributed by atoms with van der Waals surface area (Å²) in [6, 6.07) is 3.65. The number of rotatable bonds is 5. The van der Waals surface area contributed by atoms with E-state index in [0.717, 1.165) is 30.9 Å². The van der Waals surface area contributed by atoms with E-state index >= 15 is 0 Å². The molecule has 1 fully saturated rings. The van der Waals surface area contributed by atoms with E-state index in [9.17, 15) is 4.79 Å². The smallest absolute Gasteiger partial charge is 0.254 e. The molecule has 2 aromatic rings. The third-order valence-electron chi connectivity index (χ3n) is 4.04. The van der Waals surface area contributed by atoms with Crippen molar-refractivity contribution in [2.45, 2.75) is 38.6 Å². The van der Waals surface area contributed by atoms with Gasteiger partial charge in [0.25, 0.3) is 5.88 Å². The molecule has 1 atom stereocenters. The Morgan fingerprint density at radius 1 is 1.52 bits per heavy atom. The fourth-order valence-electron chi connectivity index (χ4n) is 2.91. The molecule has 122 valence electrons. The van der Waals surface area contributed by atoms with Gasteiger partial charge in [0.05, 0.1) is 18.8 Å². The Morgan fingerprint density at radius 2 is 2.39 bits per heavy atom. The van der Waals surface area contributed by atoms with E-state index in [-0.39, 0.29) is 11.9 Å². The Labute approximate surface area is 134 Å². The quantitative estimate of drug-likeness (QED) is 0.840. The van der Waals surface area contributed by atoms with Crippen molar-refractivity contribution in [3.8, 4) is 5.88 Å². The fraction of sp³-hybridized carbons (Fsp3) is 0.500. The zero-order chi connectivity index (χ0) is 16.2. The minimum Gasteiger partial charge on any atom is -0.479 e. The van der Waals surface area contributed by atoms with Crippen LogP contribution in [0.15, 0.2) is 22.9 Å². The van der Waals surface area contributed by atoms with Gasteiger partial charge in [-0.2, -0.15) is 0 Å². The Bertz CT molecular complexity index is 685. The first-order valence-corrected chi connectivity index (χ1v) is 7.76. The SMILES string of the molecule is COc1cc(CCC(=O)N2CCC[C@@H]2c2ccnc(C)n2)on1. The molecule has 1 aliphatic rings. The van der Waals surface area contributed by atoms with Gasteiger partial charge in [-0.3, -0.25) is 4.79 Å². The van der Waals surface area contributed by atoms with Gasteiger partial charge in [0.15, 0.2) is 0 Å². The molecular formula is C16H20N4O3. The summed E-state index contributed by atoms with van der Waals surface area (Å²) in [5.41, 5.74) is 0.921. The molecular weight excluding hydrogens is 296 g/mol. The Balaban J connectivity index is 1.63. The van der Waals surface area contributed by atoms with Crippen molar-refractivity contribution in [3.63, 3.8) is 0 Å². The van der Waals surface area contributed by atoms with Crippen LogP contribution < -0.4 is 4.74 Å². The van der Waals surface area contributed by atoms with Gasteiger partial charge in [-0.15, -0.1) is 0 Å². The number of aromatic nitrogens is 3. The van der Waals surface area contributed by atoms with Crippen molar-refractivity contribution in [2.24, 2.45) is 0 Å². The molecule has 7 nitrogen and oxygen atoms in total. The molecule has 0 aromatic carbocycles. The van der Waals surface area contributed by atoms with Crippen LogP contribution >= 0.6 is 0 Å². The van der Waals surface area contributed by atoms with E-state index in [1.807, 2.05) is 17.9 Å². The van der Waals surface area contributed by atoms with Crippen LogP contribution in [0.4, 0.5) is 0 Å². The van der Waals surface area contributed by atoms with Crippen molar-refractivity contribution in [1.82, 2.24) is 20.0 Å². The molecule has 0 aliphatic carbocycles. The maximum Gasteiger partial charge on any atom is 0.254 e. The Morgan fingerprint density at radius 3 is 3.13 bits per heavy atom. The summed E-state index contributed by atoms with van der Waals surface area (Å²) >= 11 is 0. The van der Waals surface area contributed by atoms with Crippen molar-refractivity contribution >= 4 is 5.91 Å². The summed E-state index contributed by atoms with van der Waals surface area (Å²) in [4.78, 5) is 23.1. The van der Waals surface area contributed by atoms with Gasteiger partial charge in [0.2, 0.25) is 5.91 Å². The molecule has 23 heavy (non-hydrogen) atoms. The van der Waals surface area contributed by atoms with E-state index in [4.69, 9.17) is 9.26 Å². The lowest BCUT2D eigenvalue weighted by atomic mass is 10.1. The van der Waals surface area contributed by atoms with E-state index in [1.54, 1.807) is 12.3 Å². The van der Waals surface area contributed by atoms with Gasteiger partial charge in [-0.05, 0) is 31.0 Å². The second-order valence-corrected chi connectivity index (χ2v) is 5.61. The highest BCUT2D eigenvalue weighted by Crippen LogP contribution is 2.31. The predicted octanol–water partition coefficient (Wildman–Crippen LogP) is 2.08. The van der Waals surface area contributed by atoms with Crippen molar-refractivity contribution in [1.29, 1.82) is 0 Å². The number of nitrogens with zero attached hydrogens (tertiary/aromatic N) is 4. The topological polar surface area (TPSA) is 81.4 Å². The maximum atomic E-state index is 12.6. The number of methoxy groups -OCH3 is 1. The standard InChI is InChI=1S/C16H20N4O3/c1-11-17-8-7-13(18-11)14-4-3-9-20(14)16(21)6-5-12-10-15(22-2)19-23-12/h7-8,10,14H,3-6,9H2,1-2H3/t14-/m1/s1. The van der Waals surface area contributed by atoms with E-state index < -0.39 is 0 Å². The number of hydrogen-bond acceptors (Lipinski definition) is 6. The molecule has 0 radical (unpaired) electrons. The predicted molar refractivity (Wildman–Crippen MR) is 81.8 cm³/mol.